The van der Waals surface area contributed by atoms with Gasteiger partial charge in [-0.25, -0.2) is 4.39 Å². The number of benzene rings is 1. The first-order chi connectivity index (χ1) is 6.68. The van der Waals surface area contributed by atoms with Crippen LogP contribution in [0.5, 0.6) is 5.75 Å². The molecule has 1 aromatic heterocycles. The second-order valence-corrected chi connectivity index (χ2v) is 3.62. The summed E-state index contributed by atoms with van der Waals surface area (Å²) in [6, 6.07) is 5.81. The van der Waals surface area contributed by atoms with E-state index in [1.807, 2.05) is 0 Å². The molecule has 0 aliphatic heterocycles. The fraction of sp³-hybridized carbons (Fsp3) is 0. The lowest BCUT2D eigenvalue weighted by atomic mass is 10.1. The molecule has 0 radical (unpaired) electrons. The van der Waals surface area contributed by atoms with Gasteiger partial charge in [-0.2, -0.15) is 0 Å². The van der Waals surface area contributed by atoms with Crippen LogP contribution in [0.2, 0.25) is 0 Å². The van der Waals surface area contributed by atoms with Gasteiger partial charge in [-0.1, -0.05) is 0 Å². The predicted octanol–water partition coefficient (Wildman–Crippen LogP) is 3.55. The largest absolute Gasteiger partial charge is 0.507 e. The number of halogens is 2. The quantitative estimate of drug-likeness (QED) is 0.847. The van der Waals surface area contributed by atoms with Crippen LogP contribution in [0.1, 0.15) is 0 Å². The minimum absolute atomic E-state index is 0.0159. The monoisotopic (exact) mass is 256 g/mol. The number of phenolic OH excluding ortho intramolecular Hbond substituents is 1. The van der Waals surface area contributed by atoms with E-state index in [-0.39, 0.29) is 11.3 Å². The molecular formula is C10H6BrFO2. The average Bonchev–Trinajstić information content (AvgIpc) is 2.64. The van der Waals surface area contributed by atoms with Crippen LogP contribution in [0.3, 0.4) is 0 Å². The zero-order valence-electron chi connectivity index (χ0n) is 7.00. The minimum atomic E-state index is -0.440. The Hall–Kier alpha value is -1.29. The van der Waals surface area contributed by atoms with Gasteiger partial charge in [-0.3, -0.25) is 0 Å². The number of rotatable bonds is 1. The first kappa shape index (κ1) is 9.27. The van der Waals surface area contributed by atoms with Gasteiger partial charge in [-0.05, 0) is 40.2 Å². The fourth-order valence-electron chi connectivity index (χ4n) is 1.16. The zero-order valence-corrected chi connectivity index (χ0v) is 8.58. The average molecular weight is 257 g/mol. The predicted molar refractivity (Wildman–Crippen MR) is 53.5 cm³/mol. The number of furan rings is 1. The molecule has 0 amide bonds. The second kappa shape index (κ2) is 3.46. The zero-order chi connectivity index (χ0) is 10.1. The number of hydrogen-bond donors (Lipinski definition) is 1. The molecule has 72 valence electrons. The number of phenols is 1. The van der Waals surface area contributed by atoms with Crippen molar-refractivity contribution in [2.45, 2.75) is 0 Å². The SMILES string of the molecule is Oc1cc(-c2ccco2)c(F)cc1Br. The van der Waals surface area contributed by atoms with Crippen molar-refractivity contribution in [2.24, 2.45) is 0 Å². The molecule has 14 heavy (non-hydrogen) atoms. The summed E-state index contributed by atoms with van der Waals surface area (Å²) in [7, 11) is 0. The lowest BCUT2D eigenvalue weighted by Crippen LogP contribution is -1.83. The molecule has 0 atom stereocenters. The molecule has 0 spiro atoms. The van der Waals surface area contributed by atoms with Crippen molar-refractivity contribution in [3.63, 3.8) is 0 Å². The molecule has 0 saturated carbocycles. The molecular weight excluding hydrogens is 251 g/mol. The maximum Gasteiger partial charge on any atom is 0.136 e. The summed E-state index contributed by atoms with van der Waals surface area (Å²) in [4.78, 5) is 0. The maximum absolute atomic E-state index is 13.4. The van der Waals surface area contributed by atoms with E-state index in [0.29, 0.717) is 10.2 Å². The molecule has 0 aliphatic carbocycles. The van der Waals surface area contributed by atoms with Gasteiger partial charge in [0.2, 0.25) is 0 Å². The molecule has 1 aromatic carbocycles. The van der Waals surface area contributed by atoms with Crippen LogP contribution in [0, 0.1) is 5.82 Å². The summed E-state index contributed by atoms with van der Waals surface area (Å²) in [5, 5.41) is 9.37. The van der Waals surface area contributed by atoms with E-state index in [2.05, 4.69) is 15.9 Å². The molecule has 1 heterocycles. The number of hydrogen-bond acceptors (Lipinski definition) is 2. The highest BCUT2D eigenvalue weighted by Crippen LogP contribution is 2.32. The van der Waals surface area contributed by atoms with Crippen molar-refractivity contribution in [2.75, 3.05) is 0 Å². The highest BCUT2D eigenvalue weighted by Gasteiger charge is 2.11. The Morgan fingerprint density at radius 3 is 2.79 bits per heavy atom. The Bertz CT molecular complexity index is 451. The van der Waals surface area contributed by atoms with Crippen LogP contribution in [0.25, 0.3) is 11.3 Å². The summed E-state index contributed by atoms with van der Waals surface area (Å²) < 4.78 is 18.7. The summed E-state index contributed by atoms with van der Waals surface area (Å²) in [5.41, 5.74) is 0.246. The summed E-state index contributed by atoms with van der Waals surface area (Å²) in [6.45, 7) is 0. The van der Waals surface area contributed by atoms with Crippen LogP contribution < -0.4 is 0 Å². The summed E-state index contributed by atoms with van der Waals surface area (Å²) in [6.07, 6.45) is 1.45. The van der Waals surface area contributed by atoms with Gasteiger partial charge in [0.1, 0.15) is 17.3 Å². The normalized spacial score (nSPS) is 10.4. The molecule has 0 unspecified atom stereocenters. The third kappa shape index (κ3) is 1.53. The van der Waals surface area contributed by atoms with Crippen molar-refractivity contribution >= 4 is 15.9 Å². The van der Waals surface area contributed by atoms with Gasteiger partial charge in [0.25, 0.3) is 0 Å². The third-order valence-electron chi connectivity index (χ3n) is 1.82. The molecule has 0 aliphatic rings. The van der Waals surface area contributed by atoms with Gasteiger partial charge in [0.05, 0.1) is 16.3 Å². The Morgan fingerprint density at radius 2 is 2.14 bits per heavy atom. The highest BCUT2D eigenvalue weighted by atomic mass is 79.9. The van der Waals surface area contributed by atoms with E-state index in [1.54, 1.807) is 12.1 Å². The molecule has 2 nitrogen and oxygen atoms in total. The van der Waals surface area contributed by atoms with Crippen LogP contribution in [0.15, 0.2) is 39.4 Å². The Kier molecular flexibility index (Phi) is 2.29. The Balaban J connectivity index is 2.60. The Labute approximate surface area is 88.1 Å². The molecule has 0 fully saturated rings. The van der Waals surface area contributed by atoms with E-state index in [4.69, 9.17) is 4.42 Å². The van der Waals surface area contributed by atoms with Gasteiger partial charge in [0, 0.05) is 0 Å². The molecule has 2 rings (SSSR count). The Morgan fingerprint density at radius 1 is 1.36 bits per heavy atom. The van der Waals surface area contributed by atoms with E-state index < -0.39 is 5.82 Å². The summed E-state index contributed by atoms with van der Waals surface area (Å²) >= 11 is 3.02. The standard InChI is InChI=1S/C10H6BrFO2/c11-7-5-8(12)6(4-9(7)13)10-2-1-3-14-10/h1-5,13H. The molecule has 1 N–H and O–H groups in total. The molecule has 2 aromatic rings. The van der Waals surface area contributed by atoms with Crippen molar-refractivity contribution in [1.82, 2.24) is 0 Å². The van der Waals surface area contributed by atoms with Crippen LogP contribution >= 0.6 is 15.9 Å². The van der Waals surface area contributed by atoms with E-state index in [9.17, 15) is 9.50 Å². The molecule has 4 heteroatoms. The van der Waals surface area contributed by atoms with Crippen molar-refractivity contribution in [3.8, 4) is 17.1 Å². The van der Waals surface area contributed by atoms with Crippen molar-refractivity contribution in [1.29, 1.82) is 0 Å². The molecule has 0 saturated heterocycles. The minimum Gasteiger partial charge on any atom is -0.507 e. The van der Waals surface area contributed by atoms with Crippen LogP contribution in [-0.4, -0.2) is 5.11 Å². The van der Waals surface area contributed by atoms with Gasteiger partial charge in [-0.15, -0.1) is 0 Å². The van der Waals surface area contributed by atoms with E-state index >= 15 is 0 Å². The van der Waals surface area contributed by atoms with E-state index in [0.717, 1.165) is 0 Å². The lowest BCUT2D eigenvalue weighted by Gasteiger charge is -2.02. The van der Waals surface area contributed by atoms with Gasteiger partial charge < -0.3 is 9.52 Å². The second-order valence-electron chi connectivity index (χ2n) is 2.76. The summed E-state index contributed by atoms with van der Waals surface area (Å²) in [5.74, 6) is -0.0623. The van der Waals surface area contributed by atoms with Crippen LogP contribution in [0.4, 0.5) is 4.39 Å². The molecule has 0 bridgehead atoms. The highest BCUT2D eigenvalue weighted by molar-refractivity contribution is 9.10. The van der Waals surface area contributed by atoms with Gasteiger partial charge >= 0.3 is 0 Å². The van der Waals surface area contributed by atoms with Gasteiger partial charge in [0.15, 0.2) is 0 Å². The lowest BCUT2D eigenvalue weighted by molar-refractivity contribution is 0.469. The van der Waals surface area contributed by atoms with Crippen molar-refractivity contribution in [3.05, 3.63) is 40.8 Å². The first-order valence-corrected chi connectivity index (χ1v) is 4.69. The first-order valence-electron chi connectivity index (χ1n) is 3.90. The topological polar surface area (TPSA) is 33.4 Å². The van der Waals surface area contributed by atoms with Crippen molar-refractivity contribution < 1.29 is 13.9 Å². The smallest absolute Gasteiger partial charge is 0.136 e. The van der Waals surface area contributed by atoms with Crippen LogP contribution in [-0.2, 0) is 0 Å². The fourth-order valence-corrected chi connectivity index (χ4v) is 1.47. The van der Waals surface area contributed by atoms with E-state index in [1.165, 1.54) is 18.4 Å². The maximum atomic E-state index is 13.4. The third-order valence-corrected chi connectivity index (χ3v) is 2.46. The number of aromatic hydroxyl groups is 1.